The van der Waals surface area contributed by atoms with Crippen molar-refractivity contribution in [3.63, 3.8) is 0 Å². The number of carbonyl (C=O) groups is 4. The van der Waals surface area contributed by atoms with E-state index in [-0.39, 0.29) is 12.4 Å². The molecule has 1 unspecified atom stereocenters. The zero-order valence-corrected chi connectivity index (χ0v) is 19.8. The molecule has 0 aromatic carbocycles. The van der Waals surface area contributed by atoms with Crippen molar-refractivity contribution in [2.75, 3.05) is 26.0 Å². The van der Waals surface area contributed by atoms with Gasteiger partial charge in [0.2, 0.25) is 5.91 Å². The van der Waals surface area contributed by atoms with Gasteiger partial charge < -0.3 is 20.9 Å². The Morgan fingerprint density at radius 2 is 1.76 bits per heavy atom. The SMILES string of the molecule is CN(C)C(=O)C(CNC(=O)C(=O)Nc1ccc(Cl)cn1)NC(=O)c1ccc(-c2ccncc2)s1. The molecule has 176 valence electrons. The predicted octanol–water partition coefficient (Wildman–Crippen LogP) is 1.80. The summed E-state index contributed by atoms with van der Waals surface area (Å²) in [4.78, 5) is 60.1. The summed E-state index contributed by atoms with van der Waals surface area (Å²) in [5.41, 5.74) is 0.911. The number of carbonyl (C=O) groups excluding carboxylic acids is 4. The van der Waals surface area contributed by atoms with Gasteiger partial charge in [0.25, 0.3) is 5.91 Å². The summed E-state index contributed by atoms with van der Waals surface area (Å²) in [5.74, 6) is -2.74. The average molecular weight is 501 g/mol. The average Bonchev–Trinajstić information content (AvgIpc) is 3.33. The minimum absolute atomic E-state index is 0.140. The van der Waals surface area contributed by atoms with Crippen LogP contribution in [0.2, 0.25) is 5.02 Å². The molecule has 3 aromatic heterocycles. The van der Waals surface area contributed by atoms with E-state index in [9.17, 15) is 19.2 Å². The number of hydrogen-bond acceptors (Lipinski definition) is 7. The van der Waals surface area contributed by atoms with Crippen LogP contribution in [-0.2, 0) is 14.4 Å². The highest BCUT2D eigenvalue weighted by molar-refractivity contribution is 7.17. The van der Waals surface area contributed by atoms with E-state index in [1.165, 1.54) is 48.7 Å². The van der Waals surface area contributed by atoms with Crippen molar-refractivity contribution in [2.45, 2.75) is 6.04 Å². The minimum Gasteiger partial charge on any atom is -0.347 e. The Morgan fingerprint density at radius 3 is 2.41 bits per heavy atom. The van der Waals surface area contributed by atoms with Gasteiger partial charge in [-0.2, -0.15) is 0 Å². The monoisotopic (exact) mass is 500 g/mol. The number of aromatic nitrogens is 2. The van der Waals surface area contributed by atoms with Gasteiger partial charge in [-0.25, -0.2) is 4.98 Å². The second kappa shape index (κ2) is 11.3. The van der Waals surface area contributed by atoms with Crippen LogP contribution in [0.3, 0.4) is 0 Å². The van der Waals surface area contributed by atoms with Crippen LogP contribution in [0.15, 0.2) is 55.0 Å². The molecule has 12 heteroatoms. The lowest BCUT2D eigenvalue weighted by Gasteiger charge is -2.21. The molecular formula is C22H21ClN6O4S. The molecule has 0 aliphatic carbocycles. The van der Waals surface area contributed by atoms with Gasteiger partial charge in [0.1, 0.15) is 11.9 Å². The Balaban J connectivity index is 1.63. The summed E-state index contributed by atoms with van der Waals surface area (Å²) >= 11 is 7.00. The summed E-state index contributed by atoms with van der Waals surface area (Å²) in [6, 6.07) is 8.96. The van der Waals surface area contributed by atoms with E-state index in [1.54, 1.807) is 24.5 Å². The third-order valence-corrected chi connectivity index (χ3v) is 5.84. The maximum atomic E-state index is 12.8. The molecule has 0 bridgehead atoms. The fourth-order valence-electron chi connectivity index (χ4n) is 2.77. The first kappa shape index (κ1) is 24.8. The molecule has 3 N–H and O–H groups in total. The number of rotatable bonds is 7. The highest BCUT2D eigenvalue weighted by Crippen LogP contribution is 2.27. The number of hydrogen-bond donors (Lipinski definition) is 3. The number of nitrogens with one attached hydrogen (secondary N) is 3. The van der Waals surface area contributed by atoms with E-state index in [4.69, 9.17) is 11.6 Å². The zero-order valence-electron chi connectivity index (χ0n) is 18.2. The van der Waals surface area contributed by atoms with Gasteiger partial charge in [0.15, 0.2) is 0 Å². The number of pyridine rings is 2. The Morgan fingerprint density at radius 1 is 1.03 bits per heavy atom. The molecule has 0 saturated carbocycles. The normalized spacial score (nSPS) is 11.3. The summed E-state index contributed by atoms with van der Waals surface area (Å²) in [6.45, 7) is -0.286. The first-order chi connectivity index (χ1) is 16.2. The lowest BCUT2D eigenvalue weighted by atomic mass is 10.2. The number of likely N-dealkylation sites (N-methyl/N-ethyl adjacent to an activating group) is 1. The molecule has 0 spiro atoms. The molecular weight excluding hydrogens is 480 g/mol. The van der Waals surface area contributed by atoms with Crippen LogP contribution in [0, 0.1) is 0 Å². The Kier molecular flexibility index (Phi) is 8.28. The maximum Gasteiger partial charge on any atom is 0.314 e. The third kappa shape index (κ3) is 6.59. The molecule has 0 saturated heterocycles. The van der Waals surface area contributed by atoms with Crippen molar-refractivity contribution in [1.29, 1.82) is 0 Å². The molecule has 3 rings (SSSR count). The molecule has 0 aliphatic rings. The van der Waals surface area contributed by atoms with Crippen LogP contribution in [-0.4, -0.2) is 65.2 Å². The minimum atomic E-state index is -1.08. The zero-order chi connectivity index (χ0) is 24.7. The molecule has 1 atom stereocenters. The van der Waals surface area contributed by atoms with Gasteiger partial charge in [-0.05, 0) is 42.0 Å². The standard InChI is InChI=1S/C22H21ClN6O4S/c1-29(2)22(33)15(12-26-20(31)21(32)28-18-6-3-14(23)11-25-18)27-19(30)17-5-4-16(34-17)13-7-9-24-10-8-13/h3-11,15H,12H2,1-2H3,(H,26,31)(H,27,30)(H,25,28,32). The third-order valence-electron chi connectivity index (χ3n) is 4.48. The predicted molar refractivity (Wildman–Crippen MR) is 128 cm³/mol. The highest BCUT2D eigenvalue weighted by atomic mass is 35.5. The maximum absolute atomic E-state index is 12.8. The van der Waals surface area contributed by atoms with Crippen molar-refractivity contribution in [3.8, 4) is 10.4 Å². The molecule has 3 aromatic rings. The summed E-state index contributed by atoms with van der Waals surface area (Å²) < 4.78 is 0. The molecule has 10 nitrogen and oxygen atoms in total. The summed E-state index contributed by atoms with van der Waals surface area (Å²) in [6.07, 6.45) is 4.63. The van der Waals surface area contributed by atoms with Crippen molar-refractivity contribution in [2.24, 2.45) is 0 Å². The first-order valence-corrected chi connectivity index (χ1v) is 11.2. The topological polar surface area (TPSA) is 133 Å². The Labute approximate surface area is 204 Å². The van der Waals surface area contributed by atoms with E-state index in [2.05, 4.69) is 25.9 Å². The van der Waals surface area contributed by atoms with Crippen LogP contribution >= 0.6 is 22.9 Å². The van der Waals surface area contributed by atoms with Crippen LogP contribution in [0.1, 0.15) is 9.67 Å². The molecule has 34 heavy (non-hydrogen) atoms. The highest BCUT2D eigenvalue weighted by Gasteiger charge is 2.25. The quantitative estimate of drug-likeness (QED) is 0.424. The van der Waals surface area contributed by atoms with E-state index >= 15 is 0 Å². The van der Waals surface area contributed by atoms with Gasteiger partial charge in [0, 0.05) is 44.1 Å². The van der Waals surface area contributed by atoms with Gasteiger partial charge in [-0.1, -0.05) is 11.6 Å². The Hall–Kier alpha value is -3.83. The fourth-order valence-corrected chi connectivity index (χ4v) is 3.80. The van der Waals surface area contributed by atoms with Gasteiger partial charge in [-0.15, -0.1) is 11.3 Å². The summed E-state index contributed by atoms with van der Waals surface area (Å²) in [7, 11) is 3.05. The lowest BCUT2D eigenvalue weighted by Crippen LogP contribution is -2.53. The Bertz CT molecular complexity index is 1180. The molecule has 4 amide bonds. The van der Waals surface area contributed by atoms with Crippen LogP contribution in [0.25, 0.3) is 10.4 Å². The first-order valence-electron chi connectivity index (χ1n) is 9.97. The van der Waals surface area contributed by atoms with Crippen molar-refractivity contribution in [1.82, 2.24) is 25.5 Å². The number of anilines is 1. The molecule has 0 fully saturated rings. The second-order valence-corrected chi connectivity index (χ2v) is 8.70. The molecule has 0 aliphatic heterocycles. The van der Waals surface area contributed by atoms with E-state index in [0.717, 1.165) is 10.4 Å². The van der Waals surface area contributed by atoms with E-state index in [0.29, 0.717) is 9.90 Å². The number of amides is 4. The number of halogens is 1. The number of nitrogens with zero attached hydrogens (tertiary/aromatic N) is 3. The van der Waals surface area contributed by atoms with E-state index < -0.39 is 29.7 Å². The second-order valence-electron chi connectivity index (χ2n) is 7.18. The van der Waals surface area contributed by atoms with Crippen molar-refractivity contribution < 1.29 is 19.2 Å². The van der Waals surface area contributed by atoms with Crippen LogP contribution in [0.4, 0.5) is 5.82 Å². The smallest absolute Gasteiger partial charge is 0.314 e. The largest absolute Gasteiger partial charge is 0.347 e. The molecule has 0 radical (unpaired) electrons. The number of thiophene rings is 1. The van der Waals surface area contributed by atoms with Gasteiger partial charge in [0.05, 0.1) is 9.90 Å². The van der Waals surface area contributed by atoms with Gasteiger partial charge in [-0.3, -0.25) is 24.2 Å². The summed E-state index contributed by atoms with van der Waals surface area (Å²) in [5, 5.41) is 7.69. The van der Waals surface area contributed by atoms with E-state index in [1.807, 2.05) is 12.1 Å². The van der Waals surface area contributed by atoms with Crippen molar-refractivity contribution >= 4 is 52.4 Å². The van der Waals surface area contributed by atoms with Crippen LogP contribution in [0.5, 0.6) is 0 Å². The molecule has 3 heterocycles. The van der Waals surface area contributed by atoms with Crippen LogP contribution < -0.4 is 16.0 Å². The lowest BCUT2D eigenvalue weighted by molar-refractivity contribution is -0.136. The fraction of sp³-hybridized carbons (Fsp3) is 0.182. The van der Waals surface area contributed by atoms with Gasteiger partial charge >= 0.3 is 11.8 Å². The van der Waals surface area contributed by atoms with Crippen molar-refractivity contribution in [3.05, 3.63) is 64.9 Å².